The molecule has 0 aliphatic heterocycles. The van der Waals surface area contributed by atoms with Gasteiger partial charge in [0.25, 0.3) is 0 Å². The second-order valence-electron chi connectivity index (χ2n) is 7.06. The van der Waals surface area contributed by atoms with Crippen molar-refractivity contribution in [3.63, 3.8) is 0 Å². The largest absolute Gasteiger partial charge is 0.490 e. The Morgan fingerprint density at radius 2 is 2.00 bits per heavy atom. The van der Waals surface area contributed by atoms with Crippen LogP contribution in [0.1, 0.15) is 29.1 Å². The average Bonchev–Trinajstić information content (AvgIpc) is 3.12. The molecular formula is C23H26N4O4S. The van der Waals surface area contributed by atoms with Crippen LogP contribution in [0.5, 0.6) is 11.5 Å². The van der Waals surface area contributed by atoms with Crippen molar-refractivity contribution in [1.82, 2.24) is 14.8 Å². The van der Waals surface area contributed by atoms with Crippen molar-refractivity contribution in [2.24, 2.45) is 0 Å². The van der Waals surface area contributed by atoms with Gasteiger partial charge in [0.1, 0.15) is 17.7 Å². The fourth-order valence-corrected chi connectivity index (χ4v) is 4.38. The third-order valence-electron chi connectivity index (χ3n) is 4.61. The van der Waals surface area contributed by atoms with Crippen molar-refractivity contribution < 1.29 is 14.4 Å². The summed E-state index contributed by atoms with van der Waals surface area (Å²) in [5.41, 5.74) is 2.76. The van der Waals surface area contributed by atoms with E-state index in [4.69, 9.17) is 9.47 Å². The van der Waals surface area contributed by atoms with Crippen LogP contribution in [-0.2, 0) is 0 Å². The molecule has 0 aliphatic carbocycles. The number of nitrogens with zero attached hydrogens (tertiary/aromatic N) is 4. The third-order valence-corrected chi connectivity index (χ3v) is 5.79. The highest BCUT2D eigenvalue weighted by molar-refractivity contribution is 7.99. The zero-order valence-corrected chi connectivity index (χ0v) is 19.2. The number of hydrogen-bond donors (Lipinski definition) is 0. The lowest BCUT2D eigenvalue weighted by Crippen LogP contribution is -2.12. The monoisotopic (exact) mass is 454 g/mol. The number of aromatic nitrogens is 3. The van der Waals surface area contributed by atoms with E-state index in [1.165, 1.54) is 11.8 Å². The molecule has 0 fully saturated rings. The Balaban J connectivity index is 1.98. The van der Waals surface area contributed by atoms with Gasteiger partial charge in [-0.3, -0.25) is 14.7 Å². The van der Waals surface area contributed by atoms with E-state index in [1.807, 2.05) is 55.7 Å². The van der Waals surface area contributed by atoms with Crippen molar-refractivity contribution in [1.29, 1.82) is 0 Å². The Labute approximate surface area is 191 Å². The van der Waals surface area contributed by atoms with Gasteiger partial charge in [0.2, 0.25) is 6.54 Å². The van der Waals surface area contributed by atoms with Gasteiger partial charge < -0.3 is 9.47 Å². The second kappa shape index (κ2) is 10.8. The van der Waals surface area contributed by atoms with Gasteiger partial charge in [-0.2, -0.15) is 0 Å². The first-order chi connectivity index (χ1) is 15.4. The number of aryl methyl sites for hydroxylation is 2. The van der Waals surface area contributed by atoms with Crippen molar-refractivity contribution in [3.8, 4) is 17.2 Å². The van der Waals surface area contributed by atoms with E-state index in [1.54, 1.807) is 18.2 Å². The lowest BCUT2D eigenvalue weighted by atomic mass is 10.1. The minimum atomic E-state index is -0.496. The van der Waals surface area contributed by atoms with Crippen molar-refractivity contribution >= 4 is 11.8 Å². The summed E-state index contributed by atoms with van der Waals surface area (Å²) in [5, 5.41) is 20.1. The molecular weight excluding hydrogens is 428 g/mol. The van der Waals surface area contributed by atoms with Crippen LogP contribution in [0.4, 0.5) is 0 Å². The summed E-state index contributed by atoms with van der Waals surface area (Å²) in [6.07, 6.45) is 1.65. The molecule has 1 atom stereocenters. The first-order valence-corrected chi connectivity index (χ1v) is 11.1. The number of rotatable bonds is 11. The van der Waals surface area contributed by atoms with Crippen molar-refractivity contribution in [2.75, 3.05) is 19.8 Å². The zero-order chi connectivity index (χ0) is 23.1. The number of benzene rings is 2. The van der Waals surface area contributed by atoms with Gasteiger partial charge in [-0.1, -0.05) is 42.6 Å². The first-order valence-electron chi connectivity index (χ1n) is 10.2. The molecule has 8 nitrogen and oxygen atoms in total. The lowest BCUT2D eigenvalue weighted by Gasteiger charge is -2.17. The topological polar surface area (TPSA) is 92.3 Å². The van der Waals surface area contributed by atoms with E-state index in [2.05, 4.69) is 16.8 Å². The van der Waals surface area contributed by atoms with E-state index in [9.17, 15) is 10.1 Å². The van der Waals surface area contributed by atoms with E-state index < -0.39 is 5.25 Å². The highest BCUT2D eigenvalue weighted by Gasteiger charge is 2.25. The Morgan fingerprint density at radius 1 is 1.19 bits per heavy atom. The maximum atomic E-state index is 11.5. The average molecular weight is 455 g/mol. The molecule has 32 heavy (non-hydrogen) atoms. The Morgan fingerprint density at radius 3 is 2.69 bits per heavy atom. The maximum absolute atomic E-state index is 11.5. The van der Waals surface area contributed by atoms with Crippen LogP contribution in [0.25, 0.3) is 5.69 Å². The van der Waals surface area contributed by atoms with Gasteiger partial charge in [-0.15, -0.1) is 10.2 Å². The van der Waals surface area contributed by atoms with Gasteiger partial charge in [0, 0.05) is 10.6 Å². The standard InChI is InChI=1S/C23H26N4O4S/c1-5-12-31-20-11-10-18(14-21(20)30-6-2)22(15-26(28)29)32-23-25-24-17(4)27(23)19-9-7-8-16(3)13-19/h5,7-11,13-14,22H,1,6,12,15H2,2-4H3/t22-/m0/s1. The van der Waals surface area contributed by atoms with Crippen LogP contribution in [0.3, 0.4) is 0 Å². The summed E-state index contributed by atoms with van der Waals surface area (Å²) in [6.45, 7) is 9.92. The molecule has 0 saturated carbocycles. The molecule has 1 heterocycles. The summed E-state index contributed by atoms with van der Waals surface area (Å²) in [5.74, 6) is 1.82. The fourth-order valence-electron chi connectivity index (χ4n) is 3.22. The maximum Gasteiger partial charge on any atom is 0.220 e. The molecule has 0 saturated heterocycles. The Kier molecular flexibility index (Phi) is 7.88. The van der Waals surface area contributed by atoms with Gasteiger partial charge >= 0.3 is 0 Å². The van der Waals surface area contributed by atoms with Gasteiger partial charge in [-0.25, -0.2) is 0 Å². The minimum absolute atomic E-state index is 0.275. The lowest BCUT2D eigenvalue weighted by molar-refractivity contribution is -0.479. The van der Waals surface area contributed by atoms with Crippen LogP contribution in [0.15, 0.2) is 60.3 Å². The summed E-state index contributed by atoms with van der Waals surface area (Å²) >= 11 is 1.30. The second-order valence-corrected chi connectivity index (χ2v) is 8.23. The molecule has 1 aromatic heterocycles. The van der Waals surface area contributed by atoms with Crippen LogP contribution < -0.4 is 9.47 Å². The molecule has 9 heteroatoms. The van der Waals surface area contributed by atoms with Crippen LogP contribution in [0, 0.1) is 24.0 Å². The molecule has 168 valence electrons. The summed E-state index contributed by atoms with van der Waals surface area (Å²) < 4.78 is 13.3. The molecule has 3 rings (SSSR count). The van der Waals surface area contributed by atoms with Gasteiger partial charge in [0.15, 0.2) is 16.7 Å². The zero-order valence-electron chi connectivity index (χ0n) is 18.4. The normalized spacial score (nSPS) is 11.7. The Bertz CT molecular complexity index is 1100. The molecule has 2 aromatic carbocycles. The fraction of sp³-hybridized carbons (Fsp3) is 0.304. The summed E-state index contributed by atoms with van der Waals surface area (Å²) in [6, 6.07) is 13.4. The molecule has 0 bridgehead atoms. The smallest absolute Gasteiger partial charge is 0.220 e. The molecule has 0 aliphatic rings. The summed E-state index contributed by atoms with van der Waals surface area (Å²) in [4.78, 5) is 11.2. The number of nitro groups is 1. The quantitative estimate of drug-likeness (QED) is 0.175. The van der Waals surface area contributed by atoms with Crippen molar-refractivity contribution in [2.45, 2.75) is 31.2 Å². The van der Waals surface area contributed by atoms with Gasteiger partial charge in [0.05, 0.1) is 6.61 Å². The molecule has 0 amide bonds. The Hall–Kier alpha value is -3.33. The van der Waals surface area contributed by atoms with Crippen LogP contribution in [0.2, 0.25) is 0 Å². The van der Waals surface area contributed by atoms with E-state index in [0.717, 1.165) is 16.8 Å². The predicted molar refractivity (Wildman–Crippen MR) is 125 cm³/mol. The number of thioether (sulfide) groups is 1. The van der Waals surface area contributed by atoms with E-state index >= 15 is 0 Å². The molecule has 0 unspecified atom stereocenters. The van der Waals surface area contributed by atoms with E-state index in [-0.39, 0.29) is 11.5 Å². The minimum Gasteiger partial charge on any atom is -0.490 e. The van der Waals surface area contributed by atoms with E-state index in [0.29, 0.717) is 35.7 Å². The van der Waals surface area contributed by atoms with Crippen molar-refractivity contribution in [3.05, 3.63) is 82.2 Å². The predicted octanol–water partition coefficient (Wildman–Crippen LogP) is 4.96. The SMILES string of the molecule is C=CCOc1ccc([C@H](C[N+](=O)[O-])Sc2nnc(C)n2-c2cccc(C)c2)cc1OCC. The van der Waals surface area contributed by atoms with Crippen LogP contribution in [-0.4, -0.2) is 39.4 Å². The molecule has 0 N–H and O–H groups in total. The first kappa shape index (κ1) is 23.3. The molecule has 3 aromatic rings. The summed E-state index contributed by atoms with van der Waals surface area (Å²) in [7, 11) is 0. The number of hydrogen-bond acceptors (Lipinski definition) is 7. The molecule has 0 spiro atoms. The highest BCUT2D eigenvalue weighted by atomic mass is 32.2. The number of ether oxygens (including phenoxy) is 2. The van der Waals surface area contributed by atoms with Crippen LogP contribution >= 0.6 is 11.8 Å². The van der Waals surface area contributed by atoms with Gasteiger partial charge in [-0.05, 0) is 56.2 Å². The molecule has 0 radical (unpaired) electrons. The highest BCUT2D eigenvalue weighted by Crippen LogP contribution is 2.39. The third kappa shape index (κ3) is 5.67.